The van der Waals surface area contributed by atoms with E-state index in [-0.39, 0.29) is 17.1 Å². The molecule has 0 radical (unpaired) electrons. The molecule has 0 fully saturated rings. The summed E-state index contributed by atoms with van der Waals surface area (Å²) in [7, 11) is 3.17. The summed E-state index contributed by atoms with van der Waals surface area (Å²) in [5.74, 6) is 0.464. The molecule has 1 amide bonds. The van der Waals surface area contributed by atoms with Crippen molar-refractivity contribution in [3.8, 4) is 11.5 Å². The van der Waals surface area contributed by atoms with Gasteiger partial charge in [0, 0.05) is 17.7 Å². The number of allylic oxidation sites excluding steroid dienone is 1. The van der Waals surface area contributed by atoms with E-state index in [0.717, 1.165) is 16.9 Å². The topological polar surface area (TPSA) is 67.9 Å². The van der Waals surface area contributed by atoms with Gasteiger partial charge in [-0.05, 0) is 47.4 Å². The predicted octanol–water partition coefficient (Wildman–Crippen LogP) is 6.02. The molecule has 1 aliphatic heterocycles. The number of benzene rings is 3. The number of methoxy groups -OCH3 is 2. The van der Waals surface area contributed by atoms with Crippen molar-refractivity contribution in [3.05, 3.63) is 95.7 Å². The third kappa shape index (κ3) is 4.13. The fourth-order valence-electron chi connectivity index (χ4n) is 5.33. The number of rotatable bonds is 4. The van der Waals surface area contributed by atoms with E-state index in [1.54, 1.807) is 31.3 Å². The number of fused-ring (bicyclic) bond motifs is 2. The van der Waals surface area contributed by atoms with Gasteiger partial charge in [0.05, 0.1) is 37.6 Å². The Labute approximate surface area is 211 Å². The molecule has 0 spiro atoms. The second-order valence-corrected chi connectivity index (χ2v) is 9.95. The number of nitrogens with zero attached hydrogens (tertiary/aromatic N) is 1. The number of Topliss-reactive ketones (excluding diaryl/α,β-unsaturated/α-hetero) is 1. The van der Waals surface area contributed by atoms with Gasteiger partial charge in [0.2, 0.25) is 0 Å². The number of nitrogens with one attached hydrogen (secondary N) is 1. The first-order chi connectivity index (χ1) is 17.3. The fourth-order valence-corrected chi connectivity index (χ4v) is 5.33. The molecule has 0 saturated carbocycles. The Kier molecular flexibility index (Phi) is 6.04. The lowest BCUT2D eigenvalue weighted by Crippen LogP contribution is -2.43. The Bertz CT molecular complexity index is 1350. The van der Waals surface area contributed by atoms with Crippen LogP contribution in [0, 0.1) is 11.3 Å². The van der Waals surface area contributed by atoms with E-state index in [9.17, 15) is 9.59 Å². The van der Waals surface area contributed by atoms with Gasteiger partial charge < -0.3 is 14.8 Å². The summed E-state index contributed by atoms with van der Waals surface area (Å²) in [6, 6.07) is 21.9. The zero-order valence-electron chi connectivity index (χ0n) is 20.9. The molecule has 1 N–H and O–H groups in total. The Balaban J connectivity index is 1.79. The normalized spacial score (nSPS) is 20.3. The summed E-state index contributed by atoms with van der Waals surface area (Å²) in [5.41, 5.74) is 3.35. The highest BCUT2D eigenvalue weighted by molar-refractivity contribution is 6.09. The maximum atomic E-state index is 14.2. The van der Waals surface area contributed by atoms with Crippen molar-refractivity contribution in [2.45, 2.75) is 26.3 Å². The first-order valence-electron chi connectivity index (χ1n) is 12.0. The number of hydrogen-bond donors (Lipinski definition) is 1. The largest absolute Gasteiger partial charge is 0.493 e. The van der Waals surface area contributed by atoms with E-state index in [4.69, 9.17) is 9.47 Å². The van der Waals surface area contributed by atoms with Crippen LogP contribution >= 0.6 is 0 Å². The van der Waals surface area contributed by atoms with Crippen LogP contribution in [0.1, 0.15) is 42.2 Å². The molecule has 3 aromatic rings. The second-order valence-electron chi connectivity index (χ2n) is 9.95. The van der Waals surface area contributed by atoms with Gasteiger partial charge in [0.25, 0.3) is 5.91 Å². The standard InChI is InChI=1S/C30H30N2O4/c1-30(2)17-22-27(24(33)18-30)28(20-14-15-25(35-3)26(16-20)36-4)32(23-13-9-8-12-21(23)31-22)29(34)19-10-6-5-7-11-19/h5-17,27-28,31H,18H2,1-4H3/t27-,28-/m0/s1. The lowest BCUT2D eigenvalue weighted by molar-refractivity contribution is -0.124. The summed E-state index contributed by atoms with van der Waals surface area (Å²) in [4.78, 5) is 29.8. The van der Waals surface area contributed by atoms with E-state index in [0.29, 0.717) is 29.2 Å². The molecule has 1 heterocycles. The van der Waals surface area contributed by atoms with Crippen LogP contribution in [-0.2, 0) is 4.79 Å². The van der Waals surface area contributed by atoms with E-state index < -0.39 is 12.0 Å². The average molecular weight is 483 g/mol. The van der Waals surface area contributed by atoms with Gasteiger partial charge in [-0.3, -0.25) is 14.5 Å². The minimum absolute atomic E-state index is 0.0865. The third-order valence-corrected chi connectivity index (χ3v) is 6.88. The third-order valence-electron chi connectivity index (χ3n) is 6.88. The number of carbonyl (C=O) groups is 2. The molecule has 1 aliphatic carbocycles. The summed E-state index contributed by atoms with van der Waals surface area (Å²) in [6.45, 7) is 4.12. The highest BCUT2D eigenvalue weighted by Crippen LogP contribution is 2.49. The Morgan fingerprint density at radius 2 is 1.64 bits per heavy atom. The lowest BCUT2D eigenvalue weighted by atomic mass is 9.72. The molecule has 6 nitrogen and oxygen atoms in total. The van der Waals surface area contributed by atoms with Crippen molar-refractivity contribution in [3.63, 3.8) is 0 Å². The smallest absolute Gasteiger partial charge is 0.258 e. The van der Waals surface area contributed by atoms with E-state index >= 15 is 0 Å². The van der Waals surface area contributed by atoms with Crippen molar-refractivity contribution in [1.82, 2.24) is 0 Å². The van der Waals surface area contributed by atoms with Crippen LogP contribution in [0.4, 0.5) is 11.4 Å². The fraction of sp³-hybridized carbons (Fsp3) is 0.267. The Morgan fingerprint density at radius 1 is 0.944 bits per heavy atom. The number of amides is 1. The maximum Gasteiger partial charge on any atom is 0.258 e. The number of ketones is 1. The molecule has 0 bridgehead atoms. The SMILES string of the molecule is COc1ccc([C@H]2[C@@H]3C(=O)CC(C)(C)C=C3Nc3ccccc3N2C(=O)c2ccccc2)cc1OC. The van der Waals surface area contributed by atoms with Gasteiger partial charge in [-0.1, -0.05) is 56.3 Å². The zero-order valence-corrected chi connectivity index (χ0v) is 20.9. The van der Waals surface area contributed by atoms with Crippen LogP contribution in [0.2, 0.25) is 0 Å². The summed E-state index contributed by atoms with van der Waals surface area (Å²) >= 11 is 0. The van der Waals surface area contributed by atoms with Crippen LogP contribution in [0.15, 0.2) is 84.6 Å². The quantitative estimate of drug-likeness (QED) is 0.493. The number of anilines is 2. The molecule has 3 aromatic carbocycles. The Morgan fingerprint density at radius 3 is 2.36 bits per heavy atom. The van der Waals surface area contributed by atoms with Crippen LogP contribution in [0.25, 0.3) is 0 Å². The number of hydrogen-bond acceptors (Lipinski definition) is 5. The summed E-state index contributed by atoms with van der Waals surface area (Å²) < 4.78 is 11.1. The summed E-state index contributed by atoms with van der Waals surface area (Å²) in [5, 5.41) is 3.53. The van der Waals surface area contributed by atoms with E-state index in [2.05, 4.69) is 25.2 Å². The van der Waals surface area contributed by atoms with E-state index in [1.165, 1.54) is 0 Å². The highest BCUT2D eigenvalue weighted by Gasteiger charge is 2.46. The minimum atomic E-state index is -0.594. The van der Waals surface area contributed by atoms with Gasteiger partial charge in [-0.25, -0.2) is 0 Å². The summed E-state index contributed by atoms with van der Waals surface area (Å²) in [6.07, 6.45) is 2.52. The molecule has 2 aliphatic rings. The van der Waals surface area contributed by atoms with Gasteiger partial charge in [-0.15, -0.1) is 0 Å². The molecule has 36 heavy (non-hydrogen) atoms. The first kappa shape index (κ1) is 23.7. The van der Waals surface area contributed by atoms with Crippen molar-refractivity contribution >= 4 is 23.1 Å². The highest BCUT2D eigenvalue weighted by atomic mass is 16.5. The second kappa shape index (κ2) is 9.19. The number of carbonyl (C=O) groups excluding carboxylic acids is 2. The Hall–Kier alpha value is -4.06. The van der Waals surface area contributed by atoms with Crippen LogP contribution in [0.5, 0.6) is 11.5 Å². The molecular formula is C30H30N2O4. The van der Waals surface area contributed by atoms with Crippen molar-refractivity contribution in [1.29, 1.82) is 0 Å². The van der Waals surface area contributed by atoms with Gasteiger partial charge >= 0.3 is 0 Å². The lowest BCUT2D eigenvalue weighted by Gasteiger charge is -2.39. The van der Waals surface area contributed by atoms with Crippen LogP contribution in [0.3, 0.4) is 0 Å². The molecular weight excluding hydrogens is 452 g/mol. The van der Waals surface area contributed by atoms with Gasteiger partial charge in [0.15, 0.2) is 11.5 Å². The monoisotopic (exact) mass is 482 g/mol. The first-order valence-corrected chi connectivity index (χ1v) is 12.0. The maximum absolute atomic E-state index is 14.2. The number of para-hydroxylation sites is 2. The van der Waals surface area contributed by atoms with Gasteiger partial charge in [0.1, 0.15) is 5.78 Å². The molecule has 0 saturated heterocycles. The average Bonchev–Trinajstić information content (AvgIpc) is 3.02. The molecule has 6 heteroatoms. The van der Waals surface area contributed by atoms with Crippen molar-refractivity contribution in [2.75, 3.05) is 24.4 Å². The van der Waals surface area contributed by atoms with Crippen LogP contribution < -0.4 is 19.7 Å². The molecule has 5 rings (SSSR count). The van der Waals surface area contributed by atoms with Gasteiger partial charge in [-0.2, -0.15) is 0 Å². The van der Waals surface area contributed by atoms with E-state index in [1.807, 2.05) is 60.7 Å². The van der Waals surface area contributed by atoms with Crippen molar-refractivity contribution in [2.24, 2.45) is 11.3 Å². The number of ether oxygens (including phenoxy) is 2. The molecule has 2 atom stereocenters. The van der Waals surface area contributed by atoms with Crippen molar-refractivity contribution < 1.29 is 19.1 Å². The molecule has 0 aromatic heterocycles. The predicted molar refractivity (Wildman–Crippen MR) is 141 cm³/mol. The zero-order chi connectivity index (χ0) is 25.4. The molecule has 0 unspecified atom stereocenters. The minimum Gasteiger partial charge on any atom is -0.493 e. The molecule has 184 valence electrons. The van der Waals surface area contributed by atoms with Crippen LogP contribution in [-0.4, -0.2) is 25.9 Å².